The molecule has 76 valence electrons. The molecule has 0 heterocycles. The van der Waals surface area contributed by atoms with E-state index in [1.54, 1.807) is 0 Å². The van der Waals surface area contributed by atoms with Gasteiger partial charge < -0.3 is 9.45 Å². The van der Waals surface area contributed by atoms with Crippen molar-refractivity contribution in [2.24, 2.45) is 0 Å². The molecule has 14 heavy (non-hydrogen) atoms. The van der Waals surface area contributed by atoms with Crippen LogP contribution in [-0.4, -0.2) is 43.1 Å². The Morgan fingerprint density at radius 3 is 2.43 bits per heavy atom. The van der Waals surface area contributed by atoms with Crippen molar-refractivity contribution >= 4 is 16.0 Å². The monoisotopic (exact) mass is 229 g/mol. The number of rotatable bonds is 5. The average molecular weight is 229 g/mol. The van der Waals surface area contributed by atoms with Crippen LogP contribution >= 0.6 is 0 Å². The third-order valence-corrected chi connectivity index (χ3v) is 2.23. The molecule has 0 N–H and O–H groups in total. The van der Waals surface area contributed by atoms with Gasteiger partial charge >= 0.3 is 29.6 Å². The molecule has 0 saturated heterocycles. The molecule has 1 amide bonds. The number of amides is 1. The fraction of sp³-hybridized carbons (Fsp3) is 0.571. The van der Waals surface area contributed by atoms with E-state index in [2.05, 4.69) is 6.58 Å². The standard InChI is InChI=1S/C7H13NO4S.Na/c1-3-7(9)8(2)5-4-6-13(10,11)12;/h3H,1,4-6H2,2H3,(H,10,11,12);/q;+1/p-1. The number of carbonyl (C=O) groups excluding carboxylic acids is 1. The van der Waals surface area contributed by atoms with E-state index < -0.39 is 15.9 Å². The fourth-order valence-electron chi connectivity index (χ4n) is 0.745. The van der Waals surface area contributed by atoms with Crippen molar-refractivity contribution in [3.05, 3.63) is 12.7 Å². The molecule has 0 spiro atoms. The second kappa shape index (κ2) is 7.42. The molecule has 5 nitrogen and oxygen atoms in total. The number of hydrogen-bond acceptors (Lipinski definition) is 4. The van der Waals surface area contributed by atoms with Gasteiger partial charge in [0.25, 0.3) is 0 Å². The van der Waals surface area contributed by atoms with Gasteiger partial charge in [0.2, 0.25) is 5.91 Å². The van der Waals surface area contributed by atoms with Crippen molar-refractivity contribution in [3.8, 4) is 0 Å². The van der Waals surface area contributed by atoms with Gasteiger partial charge in [-0.15, -0.1) is 0 Å². The van der Waals surface area contributed by atoms with Crippen LogP contribution in [0.1, 0.15) is 6.42 Å². The summed E-state index contributed by atoms with van der Waals surface area (Å²) in [6.45, 7) is 3.51. The molecular weight excluding hydrogens is 217 g/mol. The SMILES string of the molecule is C=CC(=O)N(C)CCCS(=O)(=O)[O-].[Na+]. The van der Waals surface area contributed by atoms with Crippen molar-refractivity contribution in [2.75, 3.05) is 19.3 Å². The van der Waals surface area contributed by atoms with Crippen LogP contribution < -0.4 is 29.6 Å². The summed E-state index contributed by atoms with van der Waals surface area (Å²) in [6, 6.07) is 0. The minimum absolute atomic E-state index is 0. The van der Waals surface area contributed by atoms with E-state index in [9.17, 15) is 17.8 Å². The quantitative estimate of drug-likeness (QED) is 0.279. The van der Waals surface area contributed by atoms with Crippen molar-refractivity contribution in [1.82, 2.24) is 4.90 Å². The summed E-state index contributed by atoms with van der Waals surface area (Å²) in [5, 5.41) is 0. The van der Waals surface area contributed by atoms with Crippen LogP contribution in [0, 0.1) is 0 Å². The molecule has 0 aliphatic rings. The zero-order chi connectivity index (χ0) is 10.5. The molecule has 0 fully saturated rings. The first-order valence-corrected chi connectivity index (χ1v) is 5.25. The molecule has 0 aromatic carbocycles. The van der Waals surface area contributed by atoms with Crippen LogP contribution in [-0.2, 0) is 14.9 Å². The van der Waals surface area contributed by atoms with Gasteiger partial charge in [-0.3, -0.25) is 4.79 Å². The normalized spacial score (nSPS) is 10.1. The van der Waals surface area contributed by atoms with Gasteiger partial charge in [-0.1, -0.05) is 6.58 Å². The Kier molecular flexibility index (Phi) is 8.77. The third kappa shape index (κ3) is 8.71. The molecule has 0 aliphatic carbocycles. The molecule has 0 rings (SSSR count). The van der Waals surface area contributed by atoms with E-state index in [0.29, 0.717) is 0 Å². The number of likely N-dealkylation sites (N-methyl/N-ethyl adjacent to an activating group) is 1. The molecule has 0 bridgehead atoms. The Morgan fingerprint density at radius 1 is 1.57 bits per heavy atom. The first-order chi connectivity index (χ1) is 5.87. The molecule has 0 unspecified atom stereocenters. The van der Waals surface area contributed by atoms with E-state index in [1.165, 1.54) is 11.9 Å². The Hall–Kier alpha value is 0.120. The number of nitrogens with zero attached hydrogens (tertiary/aromatic N) is 1. The molecule has 0 atom stereocenters. The van der Waals surface area contributed by atoms with Crippen LogP contribution in [0.3, 0.4) is 0 Å². The molecular formula is C7H12NNaO4S. The molecule has 0 radical (unpaired) electrons. The van der Waals surface area contributed by atoms with Gasteiger partial charge in [0.15, 0.2) is 0 Å². The van der Waals surface area contributed by atoms with Gasteiger partial charge in [-0.05, 0) is 12.5 Å². The topological polar surface area (TPSA) is 77.5 Å². The summed E-state index contributed by atoms with van der Waals surface area (Å²) < 4.78 is 30.5. The molecule has 0 aromatic rings. The zero-order valence-corrected chi connectivity index (χ0v) is 11.2. The molecule has 0 saturated carbocycles. The van der Waals surface area contributed by atoms with Crippen molar-refractivity contribution in [3.63, 3.8) is 0 Å². The summed E-state index contributed by atoms with van der Waals surface area (Å²) in [5.41, 5.74) is 0. The van der Waals surface area contributed by atoms with Gasteiger partial charge in [-0.2, -0.15) is 0 Å². The van der Waals surface area contributed by atoms with E-state index in [1.807, 2.05) is 0 Å². The molecule has 7 heteroatoms. The van der Waals surface area contributed by atoms with Gasteiger partial charge in [0.1, 0.15) is 0 Å². The summed E-state index contributed by atoms with van der Waals surface area (Å²) >= 11 is 0. The van der Waals surface area contributed by atoms with E-state index >= 15 is 0 Å². The minimum atomic E-state index is -4.17. The smallest absolute Gasteiger partial charge is 0.748 e. The Morgan fingerprint density at radius 2 is 2.07 bits per heavy atom. The number of carbonyl (C=O) groups is 1. The second-order valence-electron chi connectivity index (χ2n) is 2.58. The fourth-order valence-corrected chi connectivity index (χ4v) is 1.23. The minimum Gasteiger partial charge on any atom is -0.748 e. The van der Waals surface area contributed by atoms with Gasteiger partial charge in [0, 0.05) is 19.3 Å². The maximum absolute atomic E-state index is 10.8. The number of hydrogen-bond donors (Lipinski definition) is 0. The van der Waals surface area contributed by atoms with E-state index in [4.69, 9.17) is 0 Å². The Balaban J connectivity index is 0. The summed E-state index contributed by atoms with van der Waals surface area (Å²) in [6.07, 6.45) is 1.29. The van der Waals surface area contributed by atoms with E-state index in [0.717, 1.165) is 6.08 Å². The largest absolute Gasteiger partial charge is 1.00 e. The van der Waals surface area contributed by atoms with Crippen molar-refractivity contribution in [2.45, 2.75) is 6.42 Å². The van der Waals surface area contributed by atoms with Crippen molar-refractivity contribution in [1.29, 1.82) is 0 Å². The first kappa shape index (κ1) is 16.5. The molecule has 0 aromatic heterocycles. The van der Waals surface area contributed by atoms with Crippen LogP contribution in [0.2, 0.25) is 0 Å². The summed E-state index contributed by atoms with van der Waals surface area (Å²) in [5.74, 6) is -0.731. The predicted octanol–water partition coefficient (Wildman–Crippen LogP) is -3.43. The second-order valence-corrected chi connectivity index (χ2v) is 4.10. The van der Waals surface area contributed by atoms with Crippen molar-refractivity contribution < 1.29 is 47.3 Å². The molecule has 0 aliphatic heterocycles. The summed E-state index contributed by atoms with van der Waals surface area (Å²) in [4.78, 5) is 12.2. The predicted molar refractivity (Wildman–Crippen MR) is 47.0 cm³/mol. The Bertz CT molecular complexity index is 288. The van der Waals surface area contributed by atoms with Crippen LogP contribution in [0.15, 0.2) is 12.7 Å². The van der Waals surface area contributed by atoms with E-state index in [-0.39, 0.29) is 48.4 Å². The summed E-state index contributed by atoms with van der Waals surface area (Å²) in [7, 11) is -2.65. The maximum Gasteiger partial charge on any atom is 1.00 e. The van der Waals surface area contributed by atoms with Crippen LogP contribution in [0.4, 0.5) is 0 Å². The Labute approximate surface area is 106 Å². The zero-order valence-electron chi connectivity index (χ0n) is 8.39. The maximum atomic E-state index is 10.8. The average Bonchev–Trinajstić information content (AvgIpc) is 2.00. The first-order valence-electron chi connectivity index (χ1n) is 3.68. The third-order valence-electron chi connectivity index (χ3n) is 1.44. The van der Waals surface area contributed by atoms with Gasteiger partial charge in [-0.25, -0.2) is 8.42 Å². The van der Waals surface area contributed by atoms with Crippen LogP contribution in [0.5, 0.6) is 0 Å². The van der Waals surface area contributed by atoms with Gasteiger partial charge in [0.05, 0.1) is 10.1 Å². The van der Waals surface area contributed by atoms with Crippen LogP contribution in [0.25, 0.3) is 0 Å².